The maximum atomic E-state index is 13.5. The number of halogens is 3. The summed E-state index contributed by atoms with van der Waals surface area (Å²) >= 11 is 0. The zero-order chi connectivity index (χ0) is 21.9. The van der Waals surface area contributed by atoms with Gasteiger partial charge in [0.15, 0.2) is 6.17 Å². The van der Waals surface area contributed by atoms with Crippen molar-refractivity contribution in [1.82, 2.24) is 4.90 Å². The molecule has 0 saturated heterocycles. The molecule has 1 heterocycles. The van der Waals surface area contributed by atoms with E-state index in [1.165, 1.54) is 28.7 Å². The summed E-state index contributed by atoms with van der Waals surface area (Å²) in [5, 5.41) is 0. The highest BCUT2D eigenvalue weighted by Crippen LogP contribution is 2.37. The van der Waals surface area contributed by atoms with E-state index < -0.39 is 17.9 Å². The second-order valence-electron chi connectivity index (χ2n) is 7.06. The number of nitrogens with zero attached hydrogens (tertiary/aromatic N) is 3. The summed E-state index contributed by atoms with van der Waals surface area (Å²) in [6.07, 6.45) is -5.03. The number of nitrogens with two attached hydrogens (primary N) is 2. The third-order valence-corrected chi connectivity index (χ3v) is 4.91. The van der Waals surface area contributed by atoms with Crippen LogP contribution in [0.3, 0.4) is 0 Å². The number of hydrogen-bond donors (Lipinski definition) is 2. The first-order chi connectivity index (χ1) is 14.2. The summed E-state index contributed by atoms with van der Waals surface area (Å²) < 4.78 is 46.3. The molecule has 0 aromatic heterocycles. The first-order valence-electron chi connectivity index (χ1n) is 9.47. The Balaban J connectivity index is 1.74. The van der Waals surface area contributed by atoms with Gasteiger partial charge in [-0.2, -0.15) is 18.2 Å². The predicted octanol–water partition coefficient (Wildman–Crippen LogP) is 3.73. The van der Waals surface area contributed by atoms with Gasteiger partial charge in [0.25, 0.3) is 0 Å². The van der Waals surface area contributed by atoms with Gasteiger partial charge in [-0.15, -0.1) is 0 Å². The molecule has 4 N–H and O–H groups in total. The molecule has 0 fully saturated rings. The van der Waals surface area contributed by atoms with Crippen LogP contribution >= 0.6 is 0 Å². The summed E-state index contributed by atoms with van der Waals surface area (Å²) in [4.78, 5) is 9.55. The van der Waals surface area contributed by atoms with Gasteiger partial charge >= 0.3 is 6.18 Å². The molecular formula is C21H24F3N5O. The lowest BCUT2D eigenvalue weighted by atomic mass is 10.0. The third kappa shape index (κ3) is 4.84. The molecule has 0 radical (unpaired) electrons. The molecule has 0 amide bonds. The number of ether oxygens (including phenoxy) is 1. The molecule has 9 heteroatoms. The molecule has 0 saturated carbocycles. The second kappa shape index (κ2) is 8.64. The molecule has 0 spiro atoms. The van der Waals surface area contributed by atoms with Crippen LogP contribution in [0.4, 0.5) is 13.2 Å². The van der Waals surface area contributed by atoms with Crippen molar-refractivity contribution < 1.29 is 17.9 Å². The van der Waals surface area contributed by atoms with E-state index in [1.807, 2.05) is 32.0 Å². The number of rotatable bonds is 6. The average Bonchev–Trinajstić information content (AvgIpc) is 2.68. The number of guanidine groups is 2. The van der Waals surface area contributed by atoms with Crippen LogP contribution in [0, 0.1) is 13.8 Å². The Hall–Kier alpha value is -3.23. The summed E-state index contributed by atoms with van der Waals surface area (Å²) in [7, 11) is 0. The molecule has 160 valence electrons. The molecular weight excluding hydrogens is 395 g/mol. The molecule has 1 aliphatic heterocycles. The maximum Gasteiger partial charge on any atom is 0.416 e. The highest BCUT2D eigenvalue weighted by atomic mass is 19.4. The predicted molar refractivity (Wildman–Crippen MR) is 110 cm³/mol. The van der Waals surface area contributed by atoms with Crippen molar-refractivity contribution in [3.63, 3.8) is 0 Å². The number of benzene rings is 2. The van der Waals surface area contributed by atoms with Gasteiger partial charge < -0.3 is 21.1 Å². The quantitative estimate of drug-likeness (QED) is 0.698. The minimum Gasteiger partial charge on any atom is -0.494 e. The van der Waals surface area contributed by atoms with Crippen LogP contribution in [0.15, 0.2) is 52.4 Å². The lowest BCUT2D eigenvalue weighted by Crippen LogP contribution is -2.45. The van der Waals surface area contributed by atoms with Gasteiger partial charge in [-0.3, -0.25) is 0 Å². The monoisotopic (exact) mass is 419 g/mol. The average molecular weight is 419 g/mol. The fraction of sp³-hybridized carbons (Fsp3) is 0.333. The Morgan fingerprint density at radius 2 is 1.80 bits per heavy atom. The van der Waals surface area contributed by atoms with Crippen LogP contribution in [-0.2, 0) is 6.18 Å². The second-order valence-corrected chi connectivity index (χ2v) is 7.06. The molecule has 1 atom stereocenters. The Morgan fingerprint density at radius 3 is 2.50 bits per heavy atom. The van der Waals surface area contributed by atoms with Crippen molar-refractivity contribution in [1.29, 1.82) is 0 Å². The molecule has 6 nitrogen and oxygen atoms in total. The Kier molecular flexibility index (Phi) is 6.19. The standard InChI is InChI=1S/C21H24F3N5O/c1-13-8-9-15(12-14(13)2)30-11-5-10-29-18(27-19(25)28-20(29)26)16-6-3-4-7-17(16)21(22,23)24/h3-4,6-9,12,18H,5,10-11H2,1-2H3,(H4,25,26,27,28). The van der Waals surface area contributed by atoms with Crippen molar-refractivity contribution >= 4 is 11.9 Å². The number of alkyl halides is 3. The van der Waals surface area contributed by atoms with Crippen molar-refractivity contribution in [2.24, 2.45) is 21.5 Å². The van der Waals surface area contributed by atoms with Gasteiger partial charge in [-0.1, -0.05) is 24.3 Å². The fourth-order valence-corrected chi connectivity index (χ4v) is 3.21. The lowest BCUT2D eigenvalue weighted by molar-refractivity contribution is -0.138. The first kappa shape index (κ1) is 21.5. The van der Waals surface area contributed by atoms with Gasteiger partial charge in [-0.05, 0) is 49.6 Å². The SMILES string of the molecule is Cc1ccc(OCCCN2C(N)=NC(N)=NC2c2ccccc2C(F)(F)F)cc1C. The van der Waals surface area contributed by atoms with E-state index in [0.29, 0.717) is 19.6 Å². The molecule has 30 heavy (non-hydrogen) atoms. The van der Waals surface area contributed by atoms with Crippen molar-refractivity contribution in [3.05, 3.63) is 64.7 Å². The van der Waals surface area contributed by atoms with Gasteiger partial charge in [-0.25, -0.2) is 4.99 Å². The molecule has 1 unspecified atom stereocenters. The molecule has 3 rings (SSSR count). The summed E-state index contributed by atoms with van der Waals surface area (Å²) in [6.45, 7) is 4.67. The van der Waals surface area contributed by atoms with Gasteiger partial charge in [0, 0.05) is 12.1 Å². The van der Waals surface area contributed by atoms with Crippen molar-refractivity contribution in [2.45, 2.75) is 32.6 Å². The van der Waals surface area contributed by atoms with E-state index >= 15 is 0 Å². The largest absolute Gasteiger partial charge is 0.494 e. The Morgan fingerprint density at radius 1 is 1.07 bits per heavy atom. The molecule has 0 bridgehead atoms. The maximum absolute atomic E-state index is 13.5. The summed E-state index contributed by atoms with van der Waals surface area (Å²) in [5.41, 5.74) is 13.1. The number of aryl methyl sites for hydroxylation is 2. The van der Waals surface area contributed by atoms with Gasteiger partial charge in [0.2, 0.25) is 11.9 Å². The fourth-order valence-electron chi connectivity index (χ4n) is 3.21. The van der Waals surface area contributed by atoms with Crippen LogP contribution in [0.2, 0.25) is 0 Å². The Bertz CT molecular complexity index is 971. The molecule has 2 aromatic carbocycles. The Labute approximate surface area is 173 Å². The van der Waals surface area contributed by atoms with Crippen LogP contribution in [0.1, 0.15) is 34.8 Å². The van der Waals surface area contributed by atoms with E-state index in [-0.39, 0.29) is 17.5 Å². The minimum atomic E-state index is -4.53. The van der Waals surface area contributed by atoms with Crippen LogP contribution < -0.4 is 16.2 Å². The van der Waals surface area contributed by atoms with Gasteiger partial charge in [0.05, 0.1) is 12.2 Å². The van der Waals surface area contributed by atoms with E-state index in [9.17, 15) is 13.2 Å². The minimum absolute atomic E-state index is 0.0238. The molecule has 0 aliphatic carbocycles. The van der Waals surface area contributed by atoms with E-state index in [2.05, 4.69) is 9.98 Å². The van der Waals surface area contributed by atoms with Gasteiger partial charge in [0.1, 0.15) is 5.75 Å². The van der Waals surface area contributed by atoms with E-state index in [4.69, 9.17) is 16.2 Å². The zero-order valence-corrected chi connectivity index (χ0v) is 16.8. The summed E-state index contributed by atoms with van der Waals surface area (Å²) in [5.74, 6) is 0.604. The number of aliphatic imine (C=N–C) groups is 2. The van der Waals surface area contributed by atoms with Crippen LogP contribution in [-0.4, -0.2) is 30.0 Å². The van der Waals surface area contributed by atoms with Crippen molar-refractivity contribution in [2.75, 3.05) is 13.2 Å². The highest BCUT2D eigenvalue weighted by Gasteiger charge is 2.37. The molecule has 2 aromatic rings. The first-order valence-corrected chi connectivity index (χ1v) is 9.47. The van der Waals surface area contributed by atoms with Crippen molar-refractivity contribution in [3.8, 4) is 5.75 Å². The van der Waals surface area contributed by atoms with Crippen LogP contribution in [0.5, 0.6) is 5.75 Å². The van der Waals surface area contributed by atoms with Crippen LogP contribution in [0.25, 0.3) is 0 Å². The third-order valence-electron chi connectivity index (χ3n) is 4.91. The lowest BCUT2D eigenvalue weighted by Gasteiger charge is -2.33. The van der Waals surface area contributed by atoms with E-state index in [0.717, 1.165) is 17.4 Å². The van der Waals surface area contributed by atoms with E-state index in [1.54, 1.807) is 0 Å². The smallest absolute Gasteiger partial charge is 0.416 e. The highest BCUT2D eigenvalue weighted by molar-refractivity contribution is 5.95. The zero-order valence-electron chi connectivity index (χ0n) is 16.8. The normalized spacial score (nSPS) is 16.8. The number of hydrogen-bond acceptors (Lipinski definition) is 6. The summed E-state index contributed by atoms with van der Waals surface area (Å²) in [6, 6.07) is 11.1. The molecule has 1 aliphatic rings. The topological polar surface area (TPSA) is 89.2 Å².